The summed E-state index contributed by atoms with van der Waals surface area (Å²) < 4.78 is 0. The first-order valence-electron chi connectivity index (χ1n) is 6.28. The van der Waals surface area contributed by atoms with Crippen LogP contribution in [0.3, 0.4) is 0 Å². The minimum atomic E-state index is -0.930. The summed E-state index contributed by atoms with van der Waals surface area (Å²) in [5, 5.41) is 12.3. The van der Waals surface area contributed by atoms with Gasteiger partial charge in [0.2, 0.25) is 0 Å². The Balaban J connectivity index is 1.87. The summed E-state index contributed by atoms with van der Waals surface area (Å²) in [6.45, 7) is 0. The van der Waals surface area contributed by atoms with Crippen molar-refractivity contribution < 1.29 is 9.90 Å². The number of anilines is 1. The van der Waals surface area contributed by atoms with Crippen molar-refractivity contribution in [1.82, 2.24) is 4.98 Å². The maximum Gasteiger partial charge on any atom is 0.337 e. The van der Waals surface area contributed by atoms with Crippen LogP contribution in [0.2, 0.25) is 0 Å². The topological polar surface area (TPSA) is 62.2 Å². The zero-order chi connectivity index (χ0) is 13.2. The van der Waals surface area contributed by atoms with Gasteiger partial charge in [-0.25, -0.2) is 9.78 Å². The third kappa shape index (κ3) is 2.29. The maximum atomic E-state index is 10.9. The molecule has 1 aliphatic heterocycles. The number of nitrogens with one attached hydrogen (secondary N) is 1. The number of hydrogen-bond acceptors (Lipinski definition) is 3. The van der Waals surface area contributed by atoms with Crippen molar-refractivity contribution in [3.8, 4) is 0 Å². The van der Waals surface area contributed by atoms with Crippen molar-refractivity contribution >= 4 is 11.8 Å². The number of hydrogen-bond donors (Lipinski definition) is 2. The van der Waals surface area contributed by atoms with E-state index in [-0.39, 0.29) is 11.6 Å². The lowest BCUT2D eigenvalue weighted by molar-refractivity contribution is 0.0696. The highest BCUT2D eigenvalue weighted by Gasteiger charge is 2.21. The molecule has 3 rings (SSSR count). The lowest BCUT2D eigenvalue weighted by Gasteiger charge is -2.26. The van der Waals surface area contributed by atoms with Gasteiger partial charge in [-0.1, -0.05) is 30.3 Å². The normalized spacial score (nSPS) is 17.4. The standard InChI is InChI=1S/C15H14N2O2/c18-15(19)12-8-11-6-7-13(17-14(11)16-9-12)10-4-2-1-3-5-10/h1-5,8-9,13H,6-7H2,(H,16,17)(H,18,19). The molecule has 0 fully saturated rings. The Bertz CT molecular complexity index is 611. The fourth-order valence-corrected chi connectivity index (χ4v) is 2.42. The van der Waals surface area contributed by atoms with Crippen molar-refractivity contribution in [1.29, 1.82) is 0 Å². The average Bonchev–Trinajstić information content (AvgIpc) is 2.47. The molecule has 2 aromatic rings. The van der Waals surface area contributed by atoms with E-state index in [1.54, 1.807) is 6.07 Å². The predicted molar refractivity (Wildman–Crippen MR) is 72.3 cm³/mol. The Morgan fingerprint density at radius 1 is 1.32 bits per heavy atom. The second kappa shape index (κ2) is 4.72. The van der Waals surface area contributed by atoms with Gasteiger partial charge in [-0.3, -0.25) is 0 Å². The van der Waals surface area contributed by atoms with Gasteiger partial charge in [0.1, 0.15) is 5.82 Å². The molecule has 1 aromatic carbocycles. The fourth-order valence-electron chi connectivity index (χ4n) is 2.42. The number of pyridine rings is 1. The number of aromatic nitrogens is 1. The number of rotatable bonds is 2. The van der Waals surface area contributed by atoms with Crippen molar-refractivity contribution in [2.45, 2.75) is 18.9 Å². The number of carboxylic acids is 1. The molecule has 0 bridgehead atoms. The van der Waals surface area contributed by atoms with Crippen LogP contribution in [-0.2, 0) is 6.42 Å². The van der Waals surface area contributed by atoms with Crippen LogP contribution in [0, 0.1) is 0 Å². The minimum absolute atomic E-state index is 0.247. The van der Waals surface area contributed by atoms with Gasteiger partial charge < -0.3 is 10.4 Å². The van der Waals surface area contributed by atoms with Crippen LogP contribution >= 0.6 is 0 Å². The molecule has 1 unspecified atom stereocenters. The van der Waals surface area contributed by atoms with Crippen molar-refractivity contribution in [3.63, 3.8) is 0 Å². The number of nitrogens with zero attached hydrogens (tertiary/aromatic N) is 1. The number of fused-ring (bicyclic) bond motifs is 1. The highest BCUT2D eigenvalue weighted by molar-refractivity contribution is 5.87. The van der Waals surface area contributed by atoms with Crippen LogP contribution in [0.15, 0.2) is 42.6 Å². The van der Waals surface area contributed by atoms with Gasteiger partial charge in [-0.2, -0.15) is 0 Å². The molecule has 96 valence electrons. The second-order valence-corrected chi connectivity index (χ2v) is 4.68. The SMILES string of the molecule is O=C(O)c1cnc2c(c1)CCC(c1ccccc1)N2. The third-order valence-electron chi connectivity index (χ3n) is 3.43. The molecule has 2 N–H and O–H groups in total. The Hall–Kier alpha value is -2.36. The molecular weight excluding hydrogens is 240 g/mol. The third-order valence-corrected chi connectivity index (χ3v) is 3.43. The lowest BCUT2D eigenvalue weighted by atomic mass is 9.95. The quantitative estimate of drug-likeness (QED) is 0.865. The second-order valence-electron chi connectivity index (χ2n) is 4.68. The van der Waals surface area contributed by atoms with Crippen molar-refractivity contribution in [2.24, 2.45) is 0 Å². The summed E-state index contributed by atoms with van der Waals surface area (Å²) >= 11 is 0. The van der Waals surface area contributed by atoms with Gasteiger partial charge in [0.15, 0.2) is 0 Å². The number of aryl methyl sites for hydroxylation is 1. The van der Waals surface area contributed by atoms with Crippen LogP contribution in [0.1, 0.15) is 33.9 Å². The van der Waals surface area contributed by atoms with Crippen LogP contribution in [-0.4, -0.2) is 16.1 Å². The minimum Gasteiger partial charge on any atom is -0.478 e. The summed E-state index contributed by atoms with van der Waals surface area (Å²) in [7, 11) is 0. The van der Waals surface area contributed by atoms with Gasteiger partial charge in [-0.15, -0.1) is 0 Å². The summed E-state index contributed by atoms with van der Waals surface area (Å²) in [5.41, 5.74) is 2.46. The number of benzene rings is 1. The first-order chi connectivity index (χ1) is 9.24. The maximum absolute atomic E-state index is 10.9. The summed E-state index contributed by atoms with van der Waals surface area (Å²) in [6.07, 6.45) is 3.19. The molecular formula is C15H14N2O2. The fraction of sp³-hybridized carbons (Fsp3) is 0.200. The highest BCUT2D eigenvalue weighted by atomic mass is 16.4. The molecule has 0 amide bonds. The summed E-state index contributed by atoms with van der Waals surface area (Å²) in [6, 6.07) is 12.2. The van der Waals surface area contributed by atoms with E-state index in [0.29, 0.717) is 0 Å². The molecule has 4 nitrogen and oxygen atoms in total. The van der Waals surface area contributed by atoms with E-state index < -0.39 is 5.97 Å². The zero-order valence-corrected chi connectivity index (χ0v) is 10.3. The molecule has 1 aliphatic rings. The van der Waals surface area contributed by atoms with Gasteiger partial charge in [-0.05, 0) is 30.0 Å². The van der Waals surface area contributed by atoms with Gasteiger partial charge in [0.05, 0.1) is 11.6 Å². The van der Waals surface area contributed by atoms with Gasteiger partial charge in [0, 0.05) is 6.20 Å². The number of carbonyl (C=O) groups is 1. The molecule has 0 saturated heterocycles. The average molecular weight is 254 g/mol. The van der Waals surface area contributed by atoms with E-state index in [0.717, 1.165) is 24.2 Å². The molecule has 0 spiro atoms. The molecule has 19 heavy (non-hydrogen) atoms. The Morgan fingerprint density at radius 2 is 2.11 bits per heavy atom. The predicted octanol–water partition coefficient (Wildman–Crippen LogP) is 2.88. The van der Waals surface area contributed by atoms with Gasteiger partial charge >= 0.3 is 5.97 Å². The molecule has 4 heteroatoms. The molecule has 1 atom stereocenters. The highest BCUT2D eigenvalue weighted by Crippen LogP contribution is 2.31. The van der Waals surface area contributed by atoms with E-state index >= 15 is 0 Å². The summed E-state index contributed by atoms with van der Waals surface area (Å²) in [5.74, 6) is -0.134. The van der Waals surface area contributed by atoms with Crippen LogP contribution in [0.25, 0.3) is 0 Å². The zero-order valence-electron chi connectivity index (χ0n) is 10.3. The molecule has 2 heterocycles. The Labute approximate surface area is 111 Å². The summed E-state index contributed by atoms with van der Waals surface area (Å²) in [4.78, 5) is 15.1. The first kappa shape index (κ1) is 11.7. The van der Waals surface area contributed by atoms with Crippen molar-refractivity contribution in [3.05, 3.63) is 59.3 Å². The molecule has 0 saturated carbocycles. The number of carboxylic acid groups (broad SMARTS) is 1. The Morgan fingerprint density at radius 3 is 2.84 bits per heavy atom. The van der Waals surface area contributed by atoms with Crippen molar-refractivity contribution in [2.75, 3.05) is 5.32 Å². The lowest BCUT2D eigenvalue weighted by Crippen LogP contribution is -2.19. The number of aromatic carboxylic acids is 1. The van der Waals surface area contributed by atoms with E-state index in [2.05, 4.69) is 22.4 Å². The largest absolute Gasteiger partial charge is 0.478 e. The monoisotopic (exact) mass is 254 g/mol. The molecule has 1 aromatic heterocycles. The van der Waals surface area contributed by atoms with Gasteiger partial charge in [0.25, 0.3) is 0 Å². The van der Waals surface area contributed by atoms with E-state index in [1.807, 2.05) is 18.2 Å². The molecule has 0 aliphatic carbocycles. The van der Waals surface area contributed by atoms with E-state index in [9.17, 15) is 4.79 Å². The van der Waals surface area contributed by atoms with E-state index in [1.165, 1.54) is 11.8 Å². The smallest absolute Gasteiger partial charge is 0.337 e. The van der Waals surface area contributed by atoms with Crippen LogP contribution in [0.4, 0.5) is 5.82 Å². The van der Waals surface area contributed by atoms with Crippen LogP contribution < -0.4 is 5.32 Å². The Kier molecular flexibility index (Phi) is 2.91. The molecule has 0 radical (unpaired) electrons. The first-order valence-corrected chi connectivity index (χ1v) is 6.28. The van der Waals surface area contributed by atoms with E-state index in [4.69, 9.17) is 5.11 Å². The van der Waals surface area contributed by atoms with Crippen LogP contribution in [0.5, 0.6) is 0 Å².